The Labute approximate surface area is 203 Å². The molecule has 1 heterocycles. The Hall–Kier alpha value is -3.20. The molecule has 34 heavy (non-hydrogen) atoms. The van der Waals surface area contributed by atoms with E-state index in [1.54, 1.807) is 32.8 Å². The van der Waals surface area contributed by atoms with Crippen molar-refractivity contribution in [1.82, 2.24) is 5.32 Å². The minimum Gasteiger partial charge on any atom is -0.497 e. The van der Waals surface area contributed by atoms with Gasteiger partial charge >= 0.3 is 12.1 Å². The summed E-state index contributed by atoms with van der Waals surface area (Å²) in [6.07, 6.45) is -1.62. The van der Waals surface area contributed by atoms with E-state index < -0.39 is 29.0 Å². The summed E-state index contributed by atoms with van der Waals surface area (Å²) in [5, 5.41) is 2.22. The molecule has 182 valence electrons. The lowest BCUT2D eigenvalue weighted by atomic mass is 10.1. The van der Waals surface area contributed by atoms with Gasteiger partial charge in [0.25, 0.3) is 5.91 Å². The van der Waals surface area contributed by atoms with Gasteiger partial charge in [-0.1, -0.05) is 24.3 Å². The van der Waals surface area contributed by atoms with E-state index in [9.17, 15) is 14.4 Å². The zero-order valence-corrected chi connectivity index (χ0v) is 20.8. The third-order valence-electron chi connectivity index (χ3n) is 4.94. The lowest BCUT2D eigenvalue weighted by Crippen LogP contribution is -2.46. The van der Waals surface area contributed by atoms with E-state index in [1.807, 2.05) is 48.5 Å². The summed E-state index contributed by atoms with van der Waals surface area (Å²) in [6.45, 7) is 6.97. The maximum Gasteiger partial charge on any atom is 0.407 e. The van der Waals surface area contributed by atoms with Crippen LogP contribution >= 0.6 is 11.8 Å². The summed E-state index contributed by atoms with van der Waals surface area (Å²) in [4.78, 5) is 40.2. The lowest BCUT2D eigenvalue weighted by molar-refractivity contribution is -0.152. The molecule has 0 aliphatic carbocycles. The van der Waals surface area contributed by atoms with Crippen molar-refractivity contribution < 1.29 is 28.6 Å². The quantitative estimate of drug-likeness (QED) is 0.607. The summed E-state index contributed by atoms with van der Waals surface area (Å²) in [5.41, 5.74) is 0.892. The molecule has 1 aliphatic heterocycles. The van der Waals surface area contributed by atoms with Gasteiger partial charge in [0.05, 0.1) is 18.0 Å². The Kier molecular flexibility index (Phi) is 8.09. The number of hydrogen-bond donors (Lipinski definition) is 1. The SMILES string of the molecule is COc1ccc([C@@H]2Sc3ccccc3N(CCNC(=O)OC(C)(C)C)C(=O)[C@@H]2OC(C)=O)cc1. The Balaban J connectivity index is 1.91. The maximum absolute atomic E-state index is 13.7. The highest BCUT2D eigenvalue weighted by Crippen LogP contribution is 2.46. The molecule has 0 radical (unpaired) electrons. The molecule has 8 nitrogen and oxygen atoms in total. The van der Waals surface area contributed by atoms with Crippen molar-refractivity contribution >= 4 is 35.4 Å². The summed E-state index contributed by atoms with van der Waals surface area (Å²) < 4.78 is 16.1. The number of rotatable bonds is 6. The number of alkyl carbamates (subject to hydrolysis) is 1. The van der Waals surface area contributed by atoms with E-state index in [2.05, 4.69) is 5.32 Å². The third kappa shape index (κ3) is 6.44. The fraction of sp³-hybridized carbons (Fsp3) is 0.400. The first-order valence-electron chi connectivity index (χ1n) is 10.9. The highest BCUT2D eigenvalue weighted by molar-refractivity contribution is 7.99. The molecule has 2 aromatic rings. The number of amides is 2. The van der Waals surface area contributed by atoms with Crippen LogP contribution in [0.15, 0.2) is 53.4 Å². The molecule has 2 atom stereocenters. The third-order valence-corrected chi connectivity index (χ3v) is 6.31. The number of nitrogens with zero attached hydrogens (tertiary/aromatic N) is 1. The topological polar surface area (TPSA) is 94.2 Å². The highest BCUT2D eigenvalue weighted by Gasteiger charge is 2.40. The predicted molar refractivity (Wildman–Crippen MR) is 130 cm³/mol. The number of fused-ring (bicyclic) bond motifs is 1. The van der Waals surface area contributed by atoms with Gasteiger partial charge in [0.15, 0.2) is 6.10 Å². The summed E-state index contributed by atoms with van der Waals surface area (Å²) >= 11 is 1.46. The molecule has 2 amide bonds. The molecule has 0 saturated heterocycles. The van der Waals surface area contributed by atoms with Crippen LogP contribution in [0.1, 0.15) is 38.5 Å². The van der Waals surface area contributed by atoms with Crippen molar-refractivity contribution in [3.63, 3.8) is 0 Å². The van der Waals surface area contributed by atoms with Gasteiger partial charge in [-0.05, 0) is 50.6 Å². The van der Waals surface area contributed by atoms with Gasteiger partial charge < -0.3 is 24.4 Å². The number of methoxy groups -OCH3 is 1. The number of benzene rings is 2. The zero-order valence-electron chi connectivity index (χ0n) is 20.0. The van der Waals surface area contributed by atoms with Crippen LogP contribution in [0.4, 0.5) is 10.5 Å². The number of thioether (sulfide) groups is 1. The number of carbonyl (C=O) groups excluding carboxylic acids is 3. The standard InChI is InChI=1S/C25H30N2O6S/c1-16(28)32-21-22(17-10-12-18(31-5)13-11-17)34-20-9-7-6-8-19(20)27(23(21)29)15-14-26-24(30)33-25(2,3)4/h6-13,21-22H,14-15H2,1-5H3,(H,26,30)/t21-,22+/m1/s1. The molecule has 1 N–H and O–H groups in total. The number of para-hydroxylation sites is 1. The fourth-order valence-electron chi connectivity index (χ4n) is 3.52. The van der Waals surface area contributed by atoms with Crippen molar-refractivity contribution in [2.45, 2.75) is 49.5 Å². The minimum atomic E-state index is -1.05. The van der Waals surface area contributed by atoms with E-state index >= 15 is 0 Å². The molecular weight excluding hydrogens is 456 g/mol. The van der Waals surface area contributed by atoms with Crippen LogP contribution in [-0.4, -0.2) is 49.9 Å². The first kappa shape index (κ1) is 25.4. The summed E-state index contributed by atoms with van der Waals surface area (Å²) in [7, 11) is 1.58. The van der Waals surface area contributed by atoms with Crippen LogP contribution in [0.3, 0.4) is 0 Å². The van der Waals surface area contributed by atoms with Crippen LogP contribution in [-0.2, 0) is 19.1 Å². The van der Waals surface area contributed by atoms with Crippen molar-refractivity contribution in [2.75, 3.05) is 25.1 Å². The second-order valence-corrected chi connectivity index (χ2v) is 9.91. The normalized spacial score (nSPS) is 17.9. The van der Waals surface area contributed by atoms with Gasteiger partial charge in [0.1, 0.15) is 11.4 Å². The van der Waals surface area contributed by atoms with Crippen molar-refractivity contribution in [1.29, 1.82) is 0 Å². The number of anilines is 1. The van der Waals surface area contributed by atoms with Gasteiger partial charge in [-0.15, -0.1) is 11.8 Å². The minimum absolute atomic E-state index is 0.166. The van der Waals surface area contributed by atoms with Gasteiger partial charge in [0, 0.05) is 24.9 Å². The second kappa shape index (κ2) is 10.8. The Morgan fingerprint density at radius 1 is 1.09 bits per heavy atom. The molecule has 0 fully saturated rings. The van der Waals surface area contributed by atoms with Crippen molar-refractivity contribution in [3.8, 4) is 5.75 Å². The van der Waals surface area contributed by atoms with Gasteiger partial charge in [-0.25, -0.2) is 4.79 Å². The van der Waals surface area contributed by atoms with Crippen molar-refractivity contribution in [3.05, 3.63) is 54.1 Å². The van der Waals surface area contributed by atoms with E-state index in [0.29, 0.717) is 11.4 Å². The van der Waals surface area contributed by atoms with Gasteiger partial charge in [0.2, 0.25) is 0 Å². The predicted octanol–water partition coefficient (Wildman–Crippen LogP) is 4.33. The van der Waals surface area contributed by atoms with E-state index in [0.717, 1.165) is 10.5 Å². The maximum atomic E-state index is 13.7. The molecule has 3 rings (SSSR count). The van der Waals surface area contributed by atoms with E-state index in [1.165, 1.54) is 18.7 Å². The number of esters is 1. The zero-order chi connectivity index (χ0) is 24.9. The van der Waals surface area contributed by atoms with Gasteiger partial charge in [-0.3, -0.25) is 9.59 Å². The molecule has 0 spiro atoms. The second-order valence-electron chi connectivity index (χ2n) is 8.73. The smallest absolute Gasteiger partial charge is 0.407 e. The van der Waals surface area contributed by atoms with Crippen LogP contribution in [0, 0.1) is 0 Å². The van der Waals surface area contributed by atoms with Crippen molar-refractivity contribution in [2.24, 2.45) is 0 Å². The molecule has 0 saturated carbocycles. The van der Waals surface area contributed by atoms with Gasteiger partial charge in [-0.2, -0.15) is 0 Å². The largest absolute Gasteiger partial charge is 0.497 e. The average molecular weight is 487 g/mol. The fourth-order valence-corrected chi connectivity index (χ4v) is 4.84. The molecule has 9 heteroatoms. The van der Waals surface area contributed by atoms with Crippen LogP contribution in [0.5, 0.6) is 5.75 Å². The number of hydrogen-bond acceptors (Lipinski definition) is 7. The average Bonchev–Trinajstić information content (AvgIpc) is 2.88. The Morgan fingerprint density at radius 2 is 1.76 bits per heavy atom. The molecule has 1 aliphatic rings. The number of carbonyl (C=O) groups is 3. The first-order valence-corrected chi connectivity index (χ1v) is 11.8. The monoisotopic (exact) mass is 486 g/mol. The molecule has 2 aromatic carbocycles. The molecule has 0 unspecified atom stereocenters. The lowest BCUT2D eigenvalue weighted by Gasteiger charge is -2.28. The number of ether oxygens (including phenoxy) is 3. The molecular formula is C25H30N2O6S. The molecule has 0 bridgehead atoms. The van der Waals surface area contributed by atoms with Crippen LogP contribution < -0.4 is 15.0 Å². The van der Waals surface area contributed by atoms with Crippen LogP contribution in [0.2, 0.25) is 0 Å². The first-order chi connectivity index (χ1) is 16.1. The Bertz CT molecular complexity index is 1030. The Morgan fingerprint density at radius 3 is 2.38 bits per heavy atom. The molecule has 0 aromatic heterocycles. The van der Waals surface area contributed by atoms with Crippen LogP contribution in [0.25, 0.3) is 0 Å². The number of nitrogens with one attached hydrogen (secondary N) is 1. The highest BCUT2D eigenvalue weighted by atomic mass is 32.2. The summed E-state index contributed by atoms with van der Waals surface area (Å²) in [6, 6.07) is 14.9. The summed E-state index contributed by atoms with van der Waals surface area (Å²) in [5.74, 6) is -0.220. The van der Waals surface area contributed by atoms with E-state index in [-0.39, 0.29) is 19.0 Å². The van der Waals surface area contributed by atoms with E-state index in [4.69, 9.17) is 14.2 Å².